The van der Waals surface area contributed by atoms with Gasteiger partial charge in [0.15, 0.2) is 0 Å². The molecular formula is C26H22N2O6S. The smallest absolute Gasteiger partial charge is 0.335 e. The van der Waals surface area contributed by atoms with Gasteiger partial charge < -0.3 is 14.8 Å². The minimum atomic E-state index is -1.02. The normalized spacial score (nSPS) is 14.6. The Morgan fingerprint density at radius 1 is 1.03 bits per heavy atom. The van der Waals surface area contributed by atoms with Gasteiger partial charge in [-0.15, -0.1) is 0 Å². The SMILES string of the molecule is Cc1cc(C(=O)O)ccc1-c1ccc(C=C2SC(=O)N(CC(=O)Nc3c(C)cccc3C)C2=O)o1. The summed E-state index contributed by atoms with van der Waals surface area (Å²) in [6.45, 7) is 5.11. The topological polar surface area (TPSA) is 117 Å². The van der Waals surface area contributed by atoms with Crippen molar-refractivity contribution in [2.45, 2.75) is 20.8 Å². The minimum absolute atomic E-state index is 0.147. The van der Waals surface area contributed by atoms with Crippen LogP contribution in [0.2, 0.25) is 0 Å². The summed E-state index contributed by atoms with van der Waals surface area (Å²) >= 11 is 0.738. The number of amides is 3. The van der Waals surface area contributed by atoms with Crippen LogP contribution in [-0.4, -0.2) is 39.6 Å². The number of benzene rings is 2. The number of aryl methyl sites for hydroxylation is 3. The highest BCUT2D eigenvalue weighted by atomic mass is 32.2. The monoisotopic (exact) mass is 490 g/mol. The summed E-state index contributed by atoms with van der Waals surface area (Å²) in [6.07, 6.45) is 1.46. The number of carbonyl (C=O) groups excluding carboxylic acids is 3. The Morgan fingerprint density at radius 3 is 2.40 bits per heavy atom. The summed E-state index contributed by atoms with van der Waals surface area (Å²) in [5.74, 6) is -1.20. The molecule has 1 aliphatic rings. The Bertz CT molecular complexity index is 1380. The van der Waals surface area contributed by atoms with Crippen molar-refractivity contribution in [3.05, 3.63) is 81.5 Å². The Balaban J connectivity index is 1.48. The van der Waals surface area contributed by atoms with E-state index in [9.17, 15) is 19.2 Å². The standard InChI is InChI=1S/C26H22N2O6S/c1-14-5-4-6-15(2)23(14)27-22(29)13-28-24(30)21(35-26(28)33)12-18-8-10-20(34-18)19-9-7-17(25(31)32)11-16(19)3/h4-12H,13H2,1-3H3,(H,27,29)(H,31,32). The van der Waals surface area contributed by atoms with Gasteiger partial charge in [0.25, 0.3) is 11.1 Å². The third-order valence-electron chi connectivity index (χ3n) is 5.56. The van der Waals surface area contributed by atoms with E-state index in [4.69, 9.17) is 9.52 Å². The second-order valence-corrected chi connectivity index (χ2v) is 9.11. The fourth-order valence-corrected chi connectivity index (χ4v) is 4.57. The predicted octanol–water partition coefficient (Wildman–Crippen LogP) is 5.25. The van der Waals surface area contributed by atoms with E-state index >= 15 is 0 Å². The number of hydrogen-bond acceptors (Lipinski definition) is 6. The molecule has 0 atom stereocenters. The lowest BCUT2D eigenvalue weighted by molar-refractivity contribution is -0.127. The molecule has 8 nitrogen and oxygen atoms in total. The number of nitrogens with one attached hydrogen (secondary N) is 1. The molecule has 35 heavy (non-hydrogen) atoms. The van der Waals surface area contributed by atoms with Crippen LogP contribution in [-0.2, 0) is 9.59 Å². The molecule has 0 saturated carbocycles. The van der Waals surface area contributed by atoms with Gasteiger partial charge in [-0.2, -0.15) is 0 Å². The van der Waals surface area contributed by atoms with Crippen LogP contribution >= 0.6 is 11.8 Å². The van der Waals surface area contributed by atoms with Crippen LogP contribution in [0.15, 0.2) is 57.9 Å². The van der Waals surface area contributed by atoms with Crippen molar-refractivity contribution in [1.29, 1.82) is 0 Å². The molecule has 0 unspecified atom stereocenters. The summed E-state index contributed by atoms with van der Waals surface area (Å²) in [7, 11) is 0. The van der Waals surface area contributed by atoms with Crippen molar-refractivity contribution in [3.63, 3.8) is 0 Å². The van der Waals surface area contributed by atoms with E-state index < -0.39 is 29.6 Å². The minimum Gasteiger partial charge on any atom is -0.478 e. The number of imide groups is 1. The average Bonchev–Trinajstić information content (AvgIpc) is 3.36. The molecule has 0 bridgehead atoms. The summed E-state index contributed by atoms with van der Waals surface area (Å²) in [6, 6.07) is 13.7. The molecule has 0 spiro atoms. The maximum absolute atomic E-state index is 12.8. The number of aromatic carboxylic acids is 1. The molecule has 2 heterocycles. The van der Waals surface area contributed by atoms with E-state index in [1.807, 2.05) is 32.0 Å². The van der Waals surface area contributed by atoms with Crippen LogP contribution in [0.25, 0.3) is 17.4 Å². The predicted molar refractivity (Wildman–Crippen MR) is 133 cm³/mol. The van der Waals surface area contributed by atoms with E-state index in [1.165, 1.54) is 12.1 Å². The second kappa shape index (κ2) is 9.63. The van der Waals surface area contributed by atoms with Crippen molar-refractivity contribution in [2.24, 2.45) is 0 Å². The van der Waals surface area contributed by atoms with Crippen molar-refractivity contribution in [3.8, 4) is 11.3 Å². The fraction of sp³-hybridized carbons (Fsp3) is 0.154. The first-order valence-corrected chi connectivity index (χ1v) is 11.5. The Kier molecular flexibility index (Phi) is 6.61. The van der Waals surface area contributed by atoms with E-state index in [2.05, 4.69) is 5.32 Å². The summed E-state index contributed by atoms with van der Waals surface area (Å²) in [5.41, 5.74) is 4.04. The number of rotatable bonds is 6. The Morgan fingerprint density at radius 2 is 1.74 bits per heavy atom. The van der Waals surface area contributed by atoms with E-state index in [0.29, 0.717) is 22.8 Å². The maximum Gasteiger partial charge on any atom is 0.335 e. The van der Waals surface area contributed by atoms with Crippen LogP contribution < -0.4 is 5.32 Å². The number of para-hydroxylation sites is 1. The van der Waals surface area contributed by atoms with Gasteiger partial charge in [0, 0.05) is 17.3 Å². The van der Waals surface area contributed by atoms with Gasteiger partial charge >= 0.3 is 5.97 Å². The zero-order valence-electron chi connectivity index (χ0n) is 19.2. The largest absolute Gasteiger partial charge is 0.478 e. The molecule has 1 aromatic heterocycles. The van der Waals surface area contributed by atoms with E-state index in [1.54, 1.807) is 31.2 Å². The number of furan rings is 1. The Labute approximate surface area is 205 Å². The van der Waals surface area contributed by atoms with Gasteiger partial charge in [0.2, 0.25) is 5.91 Å². The van der Waals surface area contributed by atoms with Gasteiger partial charge in [0.05, 0.1) is 10.5 Å². The number of carboxylic acids is 1. The van der Waals surface area contributed by atoms with Crippen LogP contribution in [0.3, 0.4) is 0 Å². The highest BCUT2D eigenvalue weighted by molar-refractivity contribution is 8.18. The average molecular weight is 491 g/mol. The van der Waals surface area contributed by atoms with Crippen molar-refractivity contribution in [2.75, 3.05) is 11.9 Å². The molecule has 0 aliphatic carbocycles. The summed E-state index contributed by atoms with van der Waals surface area (Å²) in [4.78, 5) is 50.0. The molecule has 3 amide bonds. The molecule has 0 radical (unpaired) electrons. The third kappa shape index (κ3) is 5.04. The quantitative estimate of drug-likeness (QED) is 0.454. The number of carboxylic acid groups (broad SMARTS) is 1. The molecule has 3 aromatic rings. The molecule has 2 aromatic carbocycles. The van der Waals surface area contributed by atoms with Gasteiger partial charge in [-0.3, -0.25) is 19.3 Å². The lowest BCUT2D eigenvalue weighted by Gasteiger charge is -2.15. The van der Waals surface area contributed by atoms with Crippen LogP contribution in [0.1, 0.15) is 32.8 Å². The number of carbonyl (C=O) groups is 4. The number of hydrogen-bond donors (Lipinski definition) is 2. The van der Waals surface area contributed by atoms with Crippen LogP contribution in [0.5, 0.6) is 0 Å². The van der Waals surface area contributed by atoms with Crippen molar-refractivity contribution >= 4 is 46.5 Å². The van der Waals surface area contributed by atoms with Crippen molar-refractivity contribution < 1.29 is 28.7 Å². The van der Waals surface area contributed by atoms with Crippen LogP contribution in [0, 0.1) is 20.8 Å². The van der Waals surface area contributed by atoms with Gasteiger partial charge in [-0.1, -0.05) is 24.3 Å². The molecular weight excluding hydrogens is 468 g/mol. The Hall–Kier alpha value is -4.11. The first kappa shape index (κ1) is 24.0. The molecule has 178 valence electrons. The molecule has 1 saturated heterocycles. The summed E-state index contributed by atoms with van der Waals surface area (Å²) in [5, 5.41) is 11.4. The zero-order chi connectivity index (χ0) is 25.3. The third-order valence-corrected chi connectivity index (χ3v) is 6.47. The van der Waals surface area contributed by atoms with E-state index in [0.717, 1.165) is 33.4 Å². The highest BCUT2D eigenvalue weighted by Gasteiger charge is 2.36. The lowest BCUT2D eigenvalue weighted by atomic mass is 10.0. The zero-order valence-corrected chi connectivity index (χ0v) is 20.1. The molecule has 1 fully saturated rings. The highest BCUT2D eigenvalue weighted by Crippen LogP contribution is 2.34. The maximum atomic E-state index is 12.8. The molecule has 2 N–H and O–H groups in total. The number of thioether (sulfide) groups is 1. The molecule has 9 heteroatoms. The van der Waals surface area contributed by atoms with Gasteiger partial charge in [0.1, 0.15) is 18.1 Å². The van der Waals surface area contributed by atoms with E-state index in [-0.39, 0.29) is 10.5 Å². The first-order chi connectivity index (χ1) is 16.6. The number of nitrogens with zero attached hydrogens (tertiary/aromatic N) is 1. The first-order valence-electron chi connectivity index (χ1n) is 10.7. The summed E-state index contributed by atoms with van der Waals surface area (Å²) < 4.78 is 5.82. The van der Waals surface area contributed by atoms with Crippen LogP contribution in [0.4, 0.5) is 10.5 Å². The number of anilines is 1. The van der Waals surface area contributed by atoms with Gasteiger partial charge in [-0.05, 0) is 73.5 Å². The fourth-order valence-electron chi connectivity index (χ4n) is 3.75. The molecule has 1 aliphatic heterocycles. The second-order valence-electron chi connectivity index (χ2n) is 8.12. The van der Waals surface area contributed by atoms with Gasteiger partial charge in [-0.25, -0.2) is 4.79 Å². The molecule has 4 rings (SSSR count). The van der Waals surface area contributed by atoms with Crippen molar-refractivity contribution in [1.82, 2.24) is 4.90 Å². The lowest BCUT2D eigenvalue weighted by Crippen LogP contribution is -2.36.